The van der Waals surface area contributed by atoms with Crippen LogP contribution in [0.2, 0.25) is 0 Å². The quantitative estimate of drug-likeness (QED) is 0.799. The Kier molecular flexibility index (Phi) is 4.31. The van der Waals surface area contributed by atoms with Crippen LogP contribution in [-0.2, 0) is 14.3 Å². The predicted molar refractivity (Wildman–Crippen MR) is 78.4 cm³/mol. The van der Waals surface area contributed by atoms with Gasteiger partial charge in [-0.2, -0.15) is 0 Å². The first-order valence-electron chi connectivity index (χ1n) is 8.33. The van der Waals surface area contributed by atoms with Crippen LogP contribution in [0.15, 0.2) is 0 Å². The van der Waals surface area contributed by atoms with Gasteiger partial charge >= 0.3 is 0 Å². The van der Waals surface area contributed by atoms with Gasteiger partial charge in [0.2, 0.25) is 11.8 Å². The Hall–Kier alpha value is -0.940. The maximum atomic E-state index is 12.5. The average Bonchev–Trinajstić information content (AvgIpc) is 3.02. The molecular weight excluding hydrogens is 268 g/mol. The monoisotopic (exact) mass is 294 g/mol. The van der Waals surface area contributed by atoms with Crippen molar-refractivity contribution in [3.63, 3.8) is 0 Å². The number of ether oxygens (including phenoxy) is 1. The summed E-state index contributed by atoms with van der Waals surface area (Å²) in [6.07, 6.45) is 8.59. The van der Waals surface area contributed by atoms with Gasteiger partial charge in [0.05, 0.1) is 24.7 Å². The Morgan fingerprint density at radius 1 is 1.14 bits per heavy atom. The second-order valence-electron chi connectivity index (χ2n) is 6.92. The van der Waals surface area contributed by atoms with Crippen LogP contribution in [0.4, 0.5) is 0 Å². The number of rotatable bonds is 4. The number of hydrogen-bond acceptors (Lipinski definition) is 4. The third kappa shape index (κ3) is 2.99. The van der Waals surface area contributed by atoms with E-state index in [9.17, 15) is 9.59 Å². The van der Waals surface area contributed by atoms with Crippen molar-refractivity contribution in [2.45, 2.75) is 69.9 Å². The number of nitrogens with two attached hydrogens (primary N) is 1. The summed E-state index contributed by atoms with van der Waals surface area (Å²) in [6, 6.07) is 0.314. The third-order valence-electron chi connectivity index (χ3n) is 5.44. The summed E-state index contributed by atoms with van der Waals surface area (Å²) in [5.74, 6) is 0.0513. The Labute approximate surface area is 126 Å². The number of nitrogens with zero attached hydrogens (tertiary/aromatic N) is 1. The molecule has 5 nitrogen and oxygen atoms in total. The van der Waals surface area contributed by atoms with Crippen LogP contribution in [-0.4, -0.2) is 42.0 Å². The molecule has 2 amide bonds. The van der Waals surface area contributed by atoms with Gasteiger partial charge in [-0.25, -0.2) is 0 Å². The van der Waals surface area contributed by atoms with Gasteiger partial charge in [-0.15, -0.1) is 0 Å². The van der Waals surface area contributed by atoms with Gasteiger partial charge < -0.3 is 10.5 Å². The molecule has 0 aromatic heterocycles. The van der Waals surface area contributed by atoms with E-state index in [-0.39, 0.29) is 23.3 Å². The lowest BCUT2D eigenvalue weighted by molar-refractivity contribution is -0.142. The van der Waals surface area contributed by atoms with E-state index in [1.165, 1.54) is 4.90 Å². The first kappa shape index (κ1) is 15.0. The highest BCUT2D eigenvalue weighted by molar-refractivity contribution is 6.06. The molecular formula is C16H26N2O3. The van der Waals surface area contributed by atoms with Crippen LogP contribution >= 0.6 is 0 Å². The van der Waals surface area contributed by atoms with Crippen molar-refractivity contribution < 1.29 is 14.3 Å². The molecule has 1 aliphatic heterocycles. The molecule has 0 aromatic rings. The second-order valence-corrected chi connectivity index (χ2v) is 6.92. The van der Waals surface area contributed by atoms with Gasteiger partial charge in [-0.3, -0.25) is 14.5 Å². The van der Waals surface area contributed by atoms with Crippen LogP contribution in [0.3, 0.4) is 0 Å². The Morgan fingerprint density at radius 2 is 1.81 bits per heavy atom. The minimum absolute atomic E-state index is 0.00355. The largest absolute Gasteiger partial charge is 0.376 e. The zero-order valence-corrected chi connectivity index (χ0v) is 12.7. The predicted octanol–water partition coefficient (Wildman–Crippen LogP) is 1.59. The van der Waals surface area contributed by atoms with E-state index < -0.39 is 0 Å². The maximum absolute atomic E-state index is 12.5. The minimum Gasteiger partial charge on any atom is -0.376 e. The Bertz CT molecular complexity index is 410. The molecule has 0 bridgehead atoms. The first-order chi connectivity index (χ1) is 10.1. The van der Waals surface area contributed by atoms with Crippen LogP contribution in [0.1, 0.15) is 57.8 Å². The van der Waals surface area contributed by atoms with Gasteiger partial charge in [0.15, 0.2) is 0 Å². The fraction of sp³-hybridized carbons (Fsp3) is 0.875. The zero-order chi connectivity index (χ0) is 14.9. The summed E-state index contributed by atoms with van der Waals surface area (Å²) >= 11 is 0. The van der Waals surface area contributed by atoms with E-state index in [1.807, 2.05) is 0 Å². The SMILES string of the molecule is NC1CCC(OCCN2C(=O)CC3(CCCC3)C2=O)CC1. The topological polar surface area (TPSA) is 72.6 Å². The van der Waals surface area contributed by atoms with Crippen LogP contribution in [0.5, 0.6) is 0 Å². The van der Waals surface area contributed by atoms with Crippen LogP contribution < -0.4 is 5.73 Å². The molecule has 5 heteroatoms. The third-order valence-corrected chi connectivity index (χ3v) is 5.44. The summed E-state index contributed by atoms with van der Waals surface area (Å²) < 4.78 is 5.84. The van der Waals surface area contributed by atoms with E-state index in [0.29, 0.717) is 25.6 Å². The zero-order valence-electron chi connectivity index (χ0n) is 12.7. The van der Waals surface area contributed by atoms with Crippen molar-refractivity contribution in [3.05, 3.63) is 0 Å². The van der Waals surface area contributed by atoms with Gasteiger partial charge in [-0.1, -0.05) is 12.8 Å². The van der Waals surface area contributed by atoms with E-state index in [4.69, 9.17) is 10.5 Å². The van der Waals surface area contributed by atoms with Crippen LogP contribution in [0.25, 0.3) is 0 Å². The Morgan fingerprint density at radius 3 is 2.48 bits per heavy atom. The molecule has 1 spiro atoms. The minimum atomic E-state index is -0.352. The number of hydrogen-bond donors (Lipinski definition) is 1. The fourth-order valence-electron chi connectivity index (χ4n) is 4.09. The molecule has 0 atom stereocenters. The molecule has 0 aromatic carbocycles. The molecule has 118 valence electrons. The highest BCUT2D eigenvalue weighted by Crippen LogP contribution is 2.46. The number of likely N-dealkylation sites (tertiary alicyclic amines) is 1. The molecule has 2 saturated carbocycles. The van der Waals surface area contributed by atoms with E-state index in [1.54, 1.807) is 0 Å². The molecule has 1 saturated heterocycles. The van der Waals surface area contributed by atoms with Crippen molar-refractivity contribution >= 4 is 11.8 Å². The normalized spacial score (nSPS) is 32.3. The molecule has 3 fully saturated rings. The second kappa shape index (κ2) is 6.05. The molecule has 3 rings (SSSR count). The molecule has 2 N–H and O–H groups in total. The number of carbonyl (C=O) groups excluding carboxylic acids is 2. The fourth-order valence-corrected chi connectivity index (χ4v) is 4.09. The summed E-state index contributed by atoms with van der Waals surface area (Å²) in [7, 11) is 0. The summed E-state index contributed by atoms with van der Waals surface area (Å²) in [5, 5.41) is 0. The average molecular weight is 294 g/mol. The molecule has 2 aliphatic carbocycles. The lowest BCUT2D eigenvalue weighted by atomic mass is 9.84. The standard InChI is InChI=1S/C16H26N2O3/c17-12-3-5-13(6-4-12)21-10-9-18-14(19)11-16(15(18)20)7-1-2-8-16/h12-13H,1-11,17H2. The first-order valence-corrected chi connectivity index (χ1v) is 8.33. The van der Waals surface area contributed by atoms with Crippen molar-refractivity contribution in [2.75, 3.05) is 13.2 Å². The number of amides is 2. The molecule has 3 aliphatic rings. The number of imide groups is 1. The number of carbonyl (C=O) groups is 2. The summed E-state index contributed by atoms with van der Waals surface area (Å²) in [6.45, 7) is 0.884. The lowest BCUT2D eigenvalue weighted by Gasteiger charge is -2.27. The highest BCUT2D eigenvalue weighted by Gasteiger charge is 2.52. The molecule has 0 unspecified atom stereocenters. The van der Waals surface area contributed by atoms with Crippen molar-refractivity contribution in [2.24, 2.45) is 11.1 Å². The summed E-state index contributed by atoms with van der Waals surface area (Å²) in [4.78, 5) is 26.0. The molecule has 1 heterocycles. The van der Waals surface area contributed by atoms with Gasteiger partial charge in [0.1, 0.15) is 0 Å². The van der Waals surface area contributed by atoms with Gasteiger partial charge in [-0.05, 0) is 38.5 Å². The van der Waals surface area contributed by atoms with E-state index >= 15 is 0 Å². The highest BCUT2D eigenvalue weighted by atomic mass is 16.5. The lowest BCUT2D eigenvalue weighted by Crippen LogP contribution is -2.38. The van der Waals surface area contributed by atoms with Crippen molar-refractivity contribution in [1.29, 1.82) is 0 Å². The van der Waals surface area contributed by atoms with E-state index in [2.05, 4.69) is 0 Å². The molecule has 21 heavy (non-hydrogen) atoms. The van der Waals surface area contributed by atoms with Gasteiger partial charge in [0.25, 0.3) is 0 Å². The summed E-state index contributed by atoms with van der Waals surface area (Å²) in [5.41, 5.74) is 5.52. The van der Waals surface area contributed by atoms with Gasteiger partial charge in [0, 0.05) is 12.5 Å². The maximum Gasteiger partial charge on any atom is 0.235 e. The van der Waals surface area contributed by atoms with Crippen molar-refractivity contribution in [3.8, 4) is 0 Å². The smallest absolute Gasteiger partial charge is 0.235 e. The Balaban J connectivity index is 1.47. The van der Waals surface area contributed by atoms with Crippen molar-refractivity contribution in [1.82, 2.24) is 4.90 Å². The molecule has 0 radical (unpaired) electrons. The van der Waals surface area contributed by atoms with E-state index in [0.717, 1.165) is 51.4 Å². The van der Waals surface area contributed by atoms with Crippen LogP contribution in [0, 0.1) is 5.41 Å².